The van der Waals surface area contributed by atoms with Crippen molar-refractivity contribution in [2.45, 2.75) is 13.8 Å². The summed E-state index contributed by atoms with van der Waals surface area (Å²) in [5.41, 5.74) is 2.05. The zero-order valence-electron chi connectivity index (χ0n) is 8.84. The average Bonchev–Trinajstić information content (AvgIpc) is 2.20. The Morgan fingerprint density at radius 2 is 2.27 bits per heavy atom. The van der Waals surface area contributed by atoms with Crippen LogP contribution in [0.3, 0.4) is 0 Å². The molecule has 0 aromatic heterocycles. The van der Waals surface area contributed by atoms with Crippen LogP contribution in [-0.4, -0.2) is 19.1 Å². The Bertz CT molecular complexity index is 352. The molecular weight excluding hydrogens is 258 g/mol. The summed E-state index contributed by atoms with van der Waals surface area (Å²) in [5, 5.41) is 3.02. The molecule has 0 heterocycles. The van der Waals surface area contributed by atoms with Crippen molar-refractivity contribution in [3.05, 3.63) is 28.2 Å². The van der Waals surface area contributed by atoms with Crippen LogP contribution in [0.2, 0.25) is 0 Å². The van der Waals surface area contributed by atoms with E-state index in [1.165, 1.54) is 0 Å². The number of halogens is 1. The van der Waals surface area contributed by atoms with E-state index < -0.39 is 0 Å². The van der Waals surface area contributed by atoms with Gasteiger partial charge in [0.2, 0.25) is 0 Å². The molecule has 1 rings (SSSR count). The molecule has 0 aliphatic carbocycles. The van der Waals surface area contributed by atoms with Gasteiger partial charge in [0, 0.05) is 10.2 Å². The molecule has 4 heteroatoms. The van der Waals surface area contributed by atoms with E-state index in [1.807, 2.05) is 25.1 Å². The molecule has 15 heavy (non-hydrogen) atoms. The van der Waals surface area contributed by atoms with Crippen molar-refractivity contribution in [3.63, 3.8) is 0 Å². The van der Waals surface area contributed by atoms with Crippen molar-refractivity contribution in [2.24, 2.45) is 0 Å². The normalized spacial score (nSPS) is 9.80. The standard InChI is InChI=1S/C11H14BrNO2/c1-3-15-11(14)7-13-10-6-8(2)4-5-9(10)12/h4-6,13H,3,7H2,1-2H3. The van der Waals surface area contributed by atoms with Gasteiger partial charge in [0.1, 0.15) is 6.54 Å². The number of ether oxygens (including phenoxy) is 1. The highest BCUT2D eigenvalue weighted by Crippen LogP contribution is 2.22. The first kappa shape index (κ1) is 12.0. The quantitative estimate of drug-likeness (QED) is 0.856. The molecule has 0 bridgehead atoms. The fourth-order valence-electron chi connectivity index (χ4n) is 1.15. The van der Waals surface area contributed by atoms with Crippen molar-refractivity contribution >= 4 is 27.6 Å². The van der Waals surface area contributed by atoms with Crippen molar-refractivity contribution in [1.29, 1.82) is 0 Å². The Morgan fingerprint density at radius 3 is 2.93 bits per heavy atom. The lowest BCUT2D eigenvalue weighted by Gasteiger charge is -2.08. The third-order valence-electron chi connectivity index (χ3n) is 1.85. The van der Waals surface area contributed by atoms with E-state index >= 15 is 0 Å². The minimum absolute atomic E-state index is 0.190. The van der Waals surface area contributed by atoms with Gasteiger partial charge in [-0.25, -0.2) is 0 Å². The molecule has 0 radical (unpaired) electrons. The van der Waals surface area contributed by atoms with Gasteiger partial charge in [-0.2, -0.15) is 0 Å². The molecule has 0 spiro atoms. The third kappa shape index (κ3) is 3.91. The number of hydrogen-bond acceptors (Lipinski definition) is 3. The lowest BCUT2D eigenvalue weighted by atomic mass is 10.2. The van der Waals surface area contributed by atoms with E-state index in [9.17, 15) is 4.79 Å². The van der Waals surface area contributed by atoms with Gasteiger partial charge in [0.25, 0.3) is 0 Å². The molecule has 0 aliphatic rings. The highest BCUT2D eigenvalue weighted by Gasteiger charge is 2.03. The van der Waals surface area contributed by atoms with Crippen LogP contribution in [0.15, 0.2) is 22.7 Å². The van der Waals surface area contributed by atoms with Crippen molar-refractivity contribution < 1.29 is 9.53 Å². The van der Waals surface area contributed by atoms with Crippen LogP contribution in [0.4, 0.5) is 5.69 Å². The smallest absolute Gasteiger partial charge is 0.325 e. The fourth-order valence-corrected chi connectivity index (χ4v) is 1.54. The SMILES string of the molecule is CCOC(=O)CNc1cc(C)ccc1Br. The second-order valence-electron chi connectivity index (χ2n) is 3.14. The van der Waals surface area contributed by atoms with E-state index in [0.29, 0.717) is 6.61 Å². The van der Waals surface area contributed by atoms with Gasteiger partial charge in [0.15, 0.2) is 0 Å². The summed E-state index contributed by atoms with van der Waals surface area (Å²) < 4.78 is 5.76. The second-order valence-corrected chi connectivity index (χ2v) is 4.00. The number of anilines is 1. The number of benzene rings is 1. The van der Waals surface area contributed by atoms with Crippen LogP contribution in [0.5, 0.6) is 0 Å². The zero-order chi connectivity index (χ0) is 11.3. The maximum atomic E-state index is 11.1. The zero-order valence-corrected chi connectivity index (χ0v) is 10.4. The maximum Gasteiger partial charge on any atom is 0.325 e. The predicted molar refractivity (Wildman–Crippen MR) is 64.0 cm³/mol. The van der Waals surface area contributed by atoms with Crippen LogP contribution in [-0.2, 0) is 9.53 Å². The Kier molecular flexibility index (Phi) is 4.62. The summed E-state index contributed by atoms with van der Waals surface area (Å²) >= 11 is 3.40. The molecule has 1 aromatic carbocycles. The van der Waals surface area contributed by atoms with Gasteiger partial charge in [-0.15, -0.1) is 0 Å². The lowest BCUT2D eigenvalue weighted by Crippen LogP contribution is -2.16. The Hall–Kier alpha value is -1.03. The first-order valence-electron chi connectivity index (χ1n) is 4.79. The van der Waals surface area contributed by atoms with Crippen LogP contribution in [0.25, 0.3) is 0 Å². The summed E-state index contributed by atoms with van der Waals surface area (Å²) in [5.74, 6) is -0.245. The van der Waals surface area contributed by atoms with Crippen LogP contribution >= 0.6 is 15.9 Å². The molecule has 3 nitrogen and oxygen atoms in total. The molecule has 0 aliphatic heterocycles. The molecular formula is C11H14BrNO2. The summed E-state index contributed by atoms with van der Waals surface area (Å²) in [6.45, 7) is 4.40. The molecule has 0 saturated carbocycles. The Balaban J connectivity index is 2.57. The number of esters is 1. The summed E-state index contributed by atoms with van der Waals surface area (Å²) in [4.78, 5) is 11.1. The maximum absolute atomic E-state index is 11.1. The van der Waals surface area contributed by atoms with Gasteiger partial charge in [-0.3, -0.25) is 4.79 Å². The van der Waals surface area contributed by atoms with Crippen molar-refractivity contribution in [3.8, 4) is 0 Å². The summed E-state index contributed by atoms with van der Waals surface area (Å²) in [6, 6.07) is 5.92. The Morgan fingerprint density at radius 1 is 1.53 bits per heavy atom. The molecule has 0 fully saturated rings. The summed E-state index contributed by atoms with van der Waals surface area (Å²) in [6.07, 6.45) is 0. The molecule has 1 aromatic rings. The predicted octanol–water partition coefficient (Wildman–Crippen LogP) is 2.73. The minimum atomic E-state index is -0.245. The molecule has 0 saturated heterocycles. The second kappa shape index (κ2) is 5.75. The fraction of sp³-hybridized carbons (Fsp3) is 0.364. The largest absolute Gasteiger partial charge is 0.465 e. The number of nitrogens with one attached hydrogen (secondary N) is 1. The van der Waals surface area contributed by atoms with Crippen LogP contribution in [0, 0.1) is 6.92 Å². The van der Waals surface area contributed by atoms with Crippen molar-refractivity contribution in [1.82, 2.24) is 0 Å². The third-order valence-corrected chi connectivity index (χ3v) is 2.54. The number of rotatable bonds is 4. The first-order chi connectivity index (χ1) is 7.13. The molecule has 0 amide bonds. The molecule has 1 N–H and O–H groups in total. The Labute approximate surface area is 97.9 Å². The van der Waals surface area contributed by atoms with Gasteiger partial charge in [-0.05, 0) is 47.5 Å². The van der Waals surface area contributed by atoms with Crippen LogP contribution in [0.1, 0.15) is 12.5 Å². The van der Waals surface area contributed by atoms with E-state index in [1.54, 1.807) is 6.92 Å². The minimum Gasteiger partial charge on any atom is -0.465 e. The van der Waals surface area contributed by atoms with Crippen LogP contribution < -0.4 is 5.32 Å². The van der Waals surface area contributed by atoms with E-state index in [2.05, 4.69) is 21.2 Å². The van der Waals surface area contributed by atoms with Crippen molar-refractivity contribution in [2.75, 3.05) is 18.5 Å². The number of aryl methyl sites for hydroxylation is 1. The monoisotopic (exact) mass is 271 g/mol. The first-order valence-corrected chi connectivity index (χ1v) is 5.58. The van der Waals surface area contributed by atoms with E-state index in [4.69, 9.17) is 4.74 Å². The van der Waals surface area contributed by atoms with Gasteiger partial charge < -0.3 is 10.1 Å². The molecule has 0 unspecified atom stereocenters. The molecule has 82 valence electrons. The molecule has 0 atom stereocenters. The van der Waals surface area contributed by atoms with E-state index in [-0.39, 0.29) is 12.5 Å². The highest BCUT2D eigenvalue weighted by atomic mass is 79.9. The van der Waals surface area contributed by atoms with Gasteiger partial charge >= 0.3 is 5.97 Å². The van der Waals surface area contributed by atoms with Gasteiger partial charge in [0.05, 0.1) is 6.61 Å². The number of hydrogen-bond donors (Lipinski definition) is 1. The van der Waals surface area contributed by atoms with E-state index in [0.717, 1.165) is 15.7 Å². The highest BCUT2D eigenvalue weighted by molar-refractivity contribution is 9.10. The number of carbonyl (C=O) groups excluding carboxylic acids is 1. The topological polar surface area (TPSA) is 38.3 Å². The average molecular weight is 272 g/mol. The number of carbonyl (C=O) groups is 1. The lowest BCUT2D eigenvalue weighted by molar-refractivity contribution is -0.140. The van der Waals surface area contributed by atoms with Gasteiger partial charge in [-0.1, -0.05) is 6.07 Å². The summed E-state index contributed by atoms with van der Waals surface area (Å²) in [7, 11) is 0.